The van der Waals surface area contributed by atoms with Gasteiger partial charge in [0.15, 0.2) is 6.61 Å². The van der Waals surface area contributed by atoms with Crippen molar-refractivity contribution in [1.29, 1.82) is 0 Å². The van der Waals surface area contributed by atoms with E-state index in [2.05, 4.69) is 5.32 Å². The molecule has 2 rings (SSSR count). The van der Waals surface area contributed by atoms with E-state index in [0.717, 1.165) is 19.3 Å². The molecule has 1 amide bonds. The standard InChI is InChI=1S/C13H15NO4/c15-12(16)8-18-11-6-4-10(5-7-11)14-13(17)9-2-1-3-9/h4-7,9H,1-3,8H2,(H,14,17)(H,15,16). The molecule has 18 heavy (non-hydrogen) atoms. The first-order valence-corrected chi connectivity index (χ1v) is 5.90. The highest BCUT2D eigenvalue weighted by molar-refractivity contribution is 5.93. The summed E-state index contributed by atoms with van der Waals surface area (Å²) >= 11 is 0. The molecule has 0 aromatic heterocycles. The van der Waals surface area contributed by atoms with Crippen molar-refractivity contribution >= 4 is 17.6 Å². The van der Waals surface area contributed by atoms with E-state index >= 15 is 0 Å². The van der Waals surface area contributed by atoms with Crippen LogP contribution in [0.5, 0.6) is 5.75 Å². The lowest BCUT2D eigenvalue weighted by Gasteiger charge is -2.24. The molecule has 0 atom stereocenters. The van der Waals surface area contributed by atoms with Crippen molar-refractivity contribution in [2.24, 2.45) is 5.92 Å². The van der Waals surface area contributed by atoms with Crippen LogP contribution < -0.4 is 10.1 Å². The molecule has 5 heteroatoms. The van der Waals surface area contributed by atoms with Gasteiger partial charge in [-0.15, -0.1) is 0 Å². The summed E-state index contributed by atoms with van der Waals surface area (Å²) in [5.74, 6) is -0.343. The maximum absolute atomic E-state index is 11.7. The smallest absolute Gasteiger partial charge is 0.341 e. The molecule has 1 aliphatic rings. The van der Waals surface area contributed by atoms with Crippen molar-refractivity contribution in [2.45, 2.75) is 19.3 Å². The van der Waals surface area contributed by atoms with Gasteiger partial charge in [-0.3, -0.25) is 4.79 Å². The monoisotopic (exact) mass is 249 g/mol. The zero-order valence-corrected chi connectivity index (χ0v) is 9.89. The van der Waals surface area contributed by atoms with E-state index in [9.17, 15) is 9.59 Å². The molecule has 5 nitrogen and oxygen atoms in total. The van der Waals surface area contributed by atoms with Gasteiger partial charge in [0.2, 0.25) is 5.91 Å². The summed E-state index contributed by atoms with van der Waals surface area (Å²) < 4.78 is 4.99. The Morgan fingerprint density at radius 1 is 1.28 bits per heavy atom. The van der Waals surface area contributed by atoms with Gasteiger partial charge in [0.05, 0.1) is 0 Å². The molecule has 96 valence electrons. The maximum atomic E-state index is 11.7. The number of anilines is 1. The van der Waals surface area contributed by atoms with Crippen LogP contribution in [0.4, 0.5) is 5.69 Å². The Morgan fingerprint density at radius 3 is 2.44 bits per heavy atom. The first-order chi connectivity index (χ1) is 8.65. The van der Waals surface area contributed by atoms with Gasteiger partial charge in [-0.1, -0.05) is 6.42 Å². The third-order valence-corrected chi connectivity index (χ3v) is 2.96. The lowest BCUT2D eigenvalue weighted by atomic mass is 9.85. The number of carbonyl (C=O) groups is 2. The first kappa shape index (κ1) is 12.4. The van der Waals surface area contributed by atoms with E-state index in [0.29, 0.717) is 11.4 Å². The summed E-state index contributed by atoms with van der Waals surface area (Å²) in [6.07, 6.45) is 3.05. The number of nitrogens with one attached hydrogen (secondary N) is 1. The largest absolute Gasteiger partial charge is 0.482 e. The zero-order valence-electron chi connectivity index (χ0n) is 9.89. The van der Waals surface area contributed by atoms with Crippen LogP contribution in [0, 0.1) is 5.92 Å². The van der Waals surface area contributed by atoms with E-state index in [1.807, 2.05) is 0 Å². The minimum Gasteiger partial charge on any atom is -0.482 e. The second-order valence-electron chi connectivity index (χ2n) is 4.32. The Bertz CT molecular complexity index is 437. The predicted octanol–water partition coefficient (Wildman–Crippen LogP) is 1.89. The van der Waals surface area contributed by atoms with E-state index < -0.39 is 5.97 Å². The van der Waals surface area contributed by atoms with Crippen molar-refractivity contribution in [3.63, 3.8) is 0 Å². The summed E-state index contributed by atoms with van der Waals surface area (Å²) in [6, 6.07) is 6.68. The highest BCUT2D eigenvalue weighted by atomic mass is 16.5. The van der Waals surface area contributed by atoms with Crippen molar-refractivity contribution < 1.29 is 19.4 Å². The number of hydrogen-bond donors (Lipinski definition) is 2. The van der Waals surface area contributed by atoms with Crippen molar-refractivity contribution in [1.82, 2.24) is 0 Å². The number of hydrogen-bond acceptors (Lipinski definition) is 3. The Kier molecular flexibility index (Phi) is 3.82. The molecule has 0 heterocycles. The van der Waals surface area contributed by atoms with Crippen molar-refractivity contribution in [3.8, 4) is 5.75 Å². The van der Waals surface area contributed by atoms with Crippen LogP contribution in [0.25, 0.3) is 0 Å². The van der Waals surface area contributed by atoms with Crippen LogP contribution in [0.3, 0.4) is 0 Å². The van der Waals surface area contributed by atoms with Crippen LogP contribution in [-0.2, 0) is 9.59 Å². The summed E-state index contributed by atoms with van der Waals surface area (Å²) in [5, 5.41) is 11.3. The van der Waals surface area contributed by atoms with Crippen LogP contribution in [0.1, 0.15) is 19.3 Å². The average Bonchev–Trinajstić information content (AvgIpc) is 2.25. The van der Waals surface area contributed by atoms with Gasteiger partial charge in [-0.25, -0.2) is 4.79 Å². The van der Waals surface area contributed by atoms with E-state index in [4.69, 9.17) is 9.84 Å². The van der Waals surface area contributed by atoms with E-state index in [1.165, 1.54) is 0 Å². The van der Waals surface area contributed by atoms with Gasteiger partial charge in [0.1, 0.15) is 5.75 Å². The fourth-order valence-corrected chi connectivity index (χ4v) is 1.69. The average molecular weight is 249 g/mol. The third kappa shape index (κ3) is 3.23. The Labute approximate surface area is 105 Å². The molecule has 1 aliphatic carbocycles. The summed E-state index contributed by atoms with van der Waals surface area (Å²) in [5.41, 5.74) is 0.703. The topological polar surface area (TPSA) is 75.6 Å². The minimum atomic E-state index is -1.02. The van der Waals surface area contributed by atoms with Gasteiger partial charge in [0.25, 0.3) is 0 Å². The number of carboxylic acid groups (broad SMARTS) is 1. The van der Waals surface area contributed by atoms with Crippen LogP contribution in [0.2, 0.25) is 0 Å². The fraction of sp³-hybridized carbons (Fsp3) is 0.385. The number of carboxylic acids is 1. The number of aliphatic carboxylic acids is 1. The van der Waals surface area contributed by atoms with Crippen LogP contribution in [-0.4, -0.2) is 23.6 Å². The van der Waals surface area contributed by atoms with Crippen LogP contribution in [0.15, 0.2) is 24.3 Å². The van der Waals surface area contributed by atoms with Crippen molar-refractivity contribution in [3.05, 3.63) is 24.3 Å². The molecule has 0 aliphatic heterocycles. The van der Waals surface area contributed by atoms with E-state index in [1.54, 1.807) is 24.3 Å². The number of amides is 1. The van der Waals surface area contributed by atoms with E-state index in [-0.39, 0.29) is 18.4 Å². The molecular formula is C13H15NO4. The number of carbonyl (C=O) groups excluding carboxylic acids is 1. The lowest BCUT2D eigenvalue weighted by Crippen LogP contribution is -2.27. The molecule has 1 saturated carbocycles. The second-order valence-corrected chi connectivity index (χ2v) is 4.32. The molecule has 0 spiro atoms. The molecule has 1 aromatic carbocycles. The van der Waals surface area contributed by atoms with Gasteiger partial charge < -0.3 is 15.2 Å². The van der Waals surface area contributed by atoms with Crippen LogP contribution >= 0.6 is 0 Å². The Hall–Kier alpha value is -2.04. The minimum absolute atomic E-state index is 0.0560. The summed E-state index contributed by atoms with van der Waals surface area (Å²) in [6.45, 7) is -0.367. The molecule has 1 fully saturated rings. The molecule has 0 bridgehead atoms. The lowest BCUT2D eigenvalue weighted by molar-refractivity contribution is -0.139. The highest BCUT2D eigenvalue weighted by Gasteiger charge is 2.24. The SMILES string of the molecule is O=C(O)COc1ccc(NC(=O)C2CCC2)cc1. The fourth-order valence-electron chi connectivity index (χ4n) is 1.69. The van der Waals surface area contributed by atoms with Crippen molar-refractivity contribution in [2.75, 3.05) is 11.9 Å². The number of rotatable bonds is 5. The quantitative estimate of drug-likeness (QED) is 0.835. The third-order valence-electron chi connectivity index (χ3n) is 2.96. The maximum Gasteiger partial charge on any atom is 0.341 e. The molecule has 0 radical (unpaired) electrons. The summed E-state index contributed by atoms with van der Waals surface area (Å²) in [4.78, 5) is 22.0. The molecular weight excluding hydrogens is 234 g/mol. The van der Waals surface area contributed by atoms with Gasteiger partial charge in [-0.05, 0) is 37.1 Å². The first-order valence-electron chi connectivity index (χ1n) is 5.90. The zero-order chi connectivity index (χ0) is 13.0. The Morgan fingerprint density at radius 2 is 1.94 bits per heavy atom. The number of ether oxygens (including phenoxy) is 1. The predicted molar refractivity (Wildman–Crippen MR) is 65.5 cm³/mol. The highest BCUT2D eigenvalue weighted by Crippen LogP contribution is 2.27. The number of benzene rings is 1. The Balaban J connectivity index is 1.86. The molecule has 0 saturated heterocycles. The molecule has 0 unspecified atom stereocenters. The second kappa shape index (κ2) is 5.53. The molecule has 1 aromatic rings. The van der Waals surface area contributed by atoms with Gasteiger partial charge >= 0.3 is 5.97 Å². The van der Waals surface area contributed by atoms with Gasteiger partial charge in [0, 0.05) is 11.6 Å². The molecule has 2 N–H and O–H groups in total. The van der Waals surface area contributed by atoms with Gasteiger partial charge in [-0.2, -0.15) is 0 Å². The summed E-state index contributed by atoms with van der Waals surface area (Å²) in [7, 11) is 0. The normalized spacial score (nSPS) is 14.7.